The van der Waals surface area contributed by atoms with E-state index in [1.807, 2.05) is 4.90 Å². The fourth-order valence-corrected chi connectivity index (χ4v) is 5.67. The van der Waals surface area contributed by atoms with Crippen molar-refractivity contribution in [3.05, 3.63) is 47.1 Å². The van der Waals surface area contributed by atoms with Crippen LogP contribution in [0.3, 0.4) is 0 Å². The molecule has 0 amide bonds. The highest BCUT2D eigenvalue weighted by molar-refractivity contribution is 7.89. The van der Waals surface area contributed by atoms with Gasteiger partial charge in [-0.1, -0.05) is 17.3 Å². The molecule has 0 atom stereocenters. The topological polar surface area (TPSA) is 97.4 Å². The Labute approximate surface area is 188 Å². The molecular formula is C20H23F3N6O3S. The molecule has 4 rings (SSSR count). The maximum Gasteiger partial charge on any atom is 0.416 e. The van der Waals surface area contributed by atoms with Crippen molar-refractivity contribution in [1.29, 1.82) is 0 Å². The minimum absolute atomic E-state index is 0.0693. The lowest BCUT2D eigenvalue weighted by atomic mass is 10.1. The van der Waals surface area contributed by atoms with E-state index in [-0.39, 0.29) is 41.8 Å². The quantitative estimate of drug-likeness (QED) is 0.549. The van der Waals surface area contributed by atoms with E-state index in [1.165, 1.54) is 16.4 Å². The molecule has 13 heteroatoms. The smallest absolute Gasteiger partial charge is 0.338 e. The van der Waals surface area contributed by atoms with Crippen LogP contribution in [0.1, 0.15) is 22.8 Å². The average Bonchev–Trinajstić information content (AvgIpc) is 3.32. The summed E-state index contributed by atoms with van der Waals surface area (Å²) in [6.45, 7) is 5.12. The van der Waals surface area contributed by atoms with Crippen molar-refractivity contribution in [1.82, 2.24) is 29.1 Å². The zero-order valence-corrected chi connectivity index (χ0v) is 19.1. The Balaban J connectivity index is 1.41. The first-order chi connectivity index (χ1) is 15.5. The highest BCUT2D eigenvalue weighted by Gasteiger charge is 2.33. The predicted molar refractivity (Wildman–Crippen MR) is 111 cm³/mol. The highest BCUT2D eigenvalue weighted by Crippen LogP contribution is 2.31. The van der Waals surface area contributed by atoms with Gasteiger partial charge in [-0.2, -0.15) is 27.6 Å². The van der Waals surface area contributed by atoms with Crippen molar-refractivity contribution in [3.8, 4) is 11.4 Å². The molecule has 0 bridgehead atoms. The normalized spacial score (nSPS) is 16.4. The monoisotopic (exact) mass is 484 g/mol. The lowest BCUT2D eigenvalue weighted by Gasteiger charge is -2.33. The lowest BCUT2D eigenvalue weighted by molar-refractivity contribution is -0.137. The number of halogens is 3. The first-order valence-corrected chi connectivity index (χ1v) is 11.6. The van der Waals surface area contributed by atoms with Crippen molar-refractivity contribution < 1.29 is 26.1 Å². The van der Waals surface area contributed by atoms with Gasteiger partial charge in [0.25, 0.3) is 0 Å². The van der Waals surface area contributed by atoms with Gasteiger partial charge < -0.3 is 4.52 Å². The molecule has 0 spiro atoms. The number of aromatic nitrogens is 4. The van der Waals surface area contributed by atoms with Crippen LogP contribution in [-0.2, 0) is 29.8 Å². The van der Waals surface area contributed by atoms with E-state index in [0.717, 1.165) is 12.1 Å². The van der Waals surface area contributed by atoms with E-state index in [9.17, 15) is 21.6 Å². The van der Waals surface area contributed by atoms with Crippen molar-refractivity contribution in [2.45, 2.75) is 31.5 Å². The first kappa shape index (κ1) is 23.4. The Bertz CT molecular complexity index is 1260. The fourth-order valence-electron chi connectivity index (χ4n) is 3.85. The summed E-state index contributed by atoms with van der Waals surface area (Å²) in [5.74, 6) is 0.317. The number of hydrogen-bond donors (Lipinski definition) is 0. The van der Waals surface area contributed by atoms with E-state index in [0.29, 0.717) is 24.5 Å². The standard InChI is InChI=1S/C20H23F3N6O3S/c1-13-18(14(2)27(3)25-13)33(30,31)29-9-7-28(8-10-29)12-17-24-19(26-32-17)15-5-4-6-16(11-15)20(21,22)23/h4-6,11H,7-10,12H2,1-3H3. The fraction of sp³-hybridized carbons (Fsp3) is 0.450. The molecule has 33 heavy (non-hydrogen) atoms. The summed E-state index contributed by atoms with van der Waals surface area (Å²) in [6.07, 6.45) is -4.46. The minimum Gasteiger partial charge on any atom is -0.338 e. The van der Waals surface area contributed by atoms with E-state index in [4.69, 9.17) is 4.52 Å². The molecule has 9 nitrogen and oxygen atoms in total. The summed E-state index contributed by atoms with van der Waals surface area (Å²) >= 11 is 0. The van der Waals surface area contributed by atoms with Crippen LogP contribution in [0.25, 0.3) is 11.4 Å². The molecule has 178 valence electrons. The molecule has 1 aromatic carbocycles. The van der Waals surface area contributed by atoms with Crippen LogP contribution < -0.4 is 0 Å². The van der Waals surface area contributed by atoms with Crippen molar-refractivity contribution >= 4 is 10.0 Å². The zero-order valence-electron chi connectivity index (χ0n) is 18.3. The summed E-state index contributed by atoms with van der Waals surface area (Å²) in [7, 11) is -1.96. The van der Waals surface area contributed by atoms with Gasteiger partial charge in [0.2, 0.25) is 21.7 Å². The Morgan fingerprint density at radius 3 is 2.42 bits per heavy atom. The van der Waals surface area contributed by atoms with Crippen LogP contribution in [0.2, 0.25) is 0 Å². The van der Waals surface area contributed by atoms with Crippen LogP contribution >= 0.6 is 0 Å². The summed E-state index contributed by atoms with van der Waals surface area (Å²) in [5, 5.41) is 7.99. The first-order valence-electron chi connectivity index (χ1n) is 10.2. The molecule has 0 N–H and O–H groups in total. The van der Waals surface area contributed by atoms with Gasteiger partial charge in [-0.25, -0.2) is 8.42 Å². The van der Waals surface area contributed by atoms with Gasteiger partial charge >= 0.3 is 6.18 Å². The largest absolute Gasteiger partial charge is 0.416 e. The number of benzene rings is 1. The van der Waals surface area contributed by atoms with E-state index in [1.54, 1.807) is 25.6 Å². The molecule has 3 aromatic rings. The second-order valence-corrected chi connectivity index (χ2v) is 9.77. The third-order valence-electron chi connectivity index (χ3n) is 5.65. The molecular weight excluding hydrogens is 461 g/mol. The van der Waals surface area contributed by atoms with Crippen molar-refractivity contribution in [3.63, 3.8) is 0 Å². The van der Waals surface area contributed by atoms with Crippen LogP contribution in [0.15, 0.2) is 33.7 Å². The van der Waals surface area contributed by atoms with Crippen molar-refractivity contribution in [2.75, 3.05) is 26.2 Å². The lowest BCUT2D eigenvalue weighted by Crippen LogP contribution is -2.48. The van der Waals surface area contributed by atoms with Crippen LogP contribution in [0, 0.1) is 13.8 Å². The molecule has 1 aliphatic heterocycles. The number of aryl methyl sites for hydroxylation is 2. The van der Waals surface area contributed by atoms with Crippen molar-refractivity contribution in [2.24, 2.45) is 7.05 Å². The third kappa shape index (κ3) is 4.66. The van der Waals surface area contributed by atoms with Crippen LogP contribution in [0.4, 0.5) is 13.2 Å². The molecule has 0 saturated carbocycles. The predicted octanol–water partition coefficient (Wildman–Crippen LogP) is 2.61. The third-order valence-corrected chi connectivity index (χ3v) is 7.80. The second-order valence-electron chi connectivity index (χ2n) is 7.89. The van der Waals surface area contributed by atoms with E-state index in [2.05, 4.69) is 15.2 Å². The number of alkyl halides is 3. The maximum absolute atomic E-state index is 13.1. The summed E-state index contributed by atoms with van der Waals surface area (Å²) in [6, 6.07) is 4.72. The Kier molecular flexibility index (Phi) is 6.05. The number of rotatable bonds is 5. The molecule has 0 unspecified atom stereocenters. The molecule has 0 radical (unpaired) electrons. The molecule has 3 heterocycles. The van der Waals surface area contributed by atoms with E-state index >= 15 is 0 Å². The number of hydrogen-bond acceptors (Lipinski definition) is 7. The second kappa shape index (κ2) is 8.54. The Morgan fingerprint density at radius 2 is 1.82 bits per heavy atom. The molecule has 1 saturated heterocycles. The summed E-state index contributed by atoms with van der Waals surface area (Å²) in [4.78, 5) is 6.40. The number of nitrogens with zero attached hydrogens (tertiary/aromatic N) is 6. The summed E-state index contributed by atoms with van der Waals surface area (Å²) in [5.41, 5.74) is 0.467. The molecule has 0 aliphatic carbocycles. The van der Waals surface area contributed by atoms with Gasteiger partial charge in [0.05, 0.1) is 23.5 Å². The Hall–Kier alpha value is -2.77. The average molecular weight is 485 g/mol. The maximum atomic E-state index is 13.1. The molecule has 1 fully saturated rings. The SMILES string of the molecule is Cc1nn(C)c(C)c1S(=O)(=O)N1CCN(Cc2nc(-c3cccc(C(F)(F)F)c3)no2)CC1. The van der Waals surface area contributed by atoms with Gasteiger partial charge in [-0.05, 0) is 26.0 Å². The highest BCUT2D eigenvalue weighted by atomic mass is 32.2. The zero-order chi connectivity index (χ0) is 24.0. The minimum atomic E-state index is -4.46. The van der Waals surface area contributed by atoms with Gasteiger partial charge in [-0.3, -0.25) is 9.58 Å². The van der Waals surface area contributed by atoms with Gasteiger partial charge in [0.15, 0.2) is 0 Å². The van der Waals surface area contributed by atoms with Crippen LogP contribution in [-0.4, -0.2) is 63.7 Å². The summed E-state index contributed by atoms with van der Waals surface area (Å²) < 4.78 is 73.2. The molecule has 2 aromatic heterocycles. The number of sulfonamides is 1. The van der Waals surface area contributed by atoms with Gasteiger partial charge in [0.1, 0.15) is 4.90 Å². The van der Waals surface area contributed by atoms with Gasteiger partial charge in [0, 0.05) is 38.8 Å². The molecule has 1 aliphatic rings. The number of piperazine rings is 1. The Morgan fingerprint density at radius 1 is 1.12 bits per heavy atom. The van der Waals surface area contributed by atoms with Gasteiger partial charge in [-0.15, -0.1) is 0 Å². The van der Waals surface area contributed by atoms with E-state index < -0.39 is 21.8 Å². The van der Waals surface area contributed by atoms with Crippen LogP contribution in [0.5, 0.6) is 0 Å².